The van der Waals surface area contributed by atoms with Crippen molar-refractivity contribution in [2.45, 2.75) is 20.8 Å². The Kier molecular flexibility index (Phi) is 6.25. The Hall–Kier alpha value is -0.910. The van der Waals surface area contributed by atoms with Crippen LogP contribution in [-0.2, 0) is 10.1 Å². The lowest BCUT2D eigenvalue weighted by atomic mass is 10.4. The summed E-state index contributed by atoms with van der Waals surface area (Å²) in [6.07, 6.45) is 11.2. The Balaban J connectivity index is 5.04. The third-order valence-electron chi connectivity index (χ3n) is 2.02. The molecule has 0 saturated heterocycles. The highest BCUT2D eigenvalue weighted by atomic mass is 32.2. The largest absolute Gasteiger partial charge is 0.285 e. The molecule has 16 heavy (non-hydrogen) atoms. The van der Waals surface area contributed by atoms with Crippen LogP contribution in [0.4, 0.5) is 0 Å². The van der Waals surface area contributed by atoms with Crippen LogP contribution >= 0.6 is 0 Å². The van der Waals surface area contributed by atoms with Crippen LogP contribution in [0.3, 0.4) is 0 Å². The van der Waals surface area contributed by atoms with Crippen LogP contribution in [0.5, 0.6) is 0 Å². The van der Waals surface area contributed by atoms with Gasteiger partial charge in [-0.15, -0.1) is 0 Å². The minimum absolute atomic E-state index is 0.272. The Morgan fingerprint density at radius 2 is 1.38 bits per heavy atom. The highest BCUT2D eigenvalue weighted by Crippen LogP contribution is 2.12. The van der Waals surface area contributed by atoms with Gasteiger partial charge in [0.15, 0.2) is 0 Å². The number of hydrogen-bond donors (Lipinski definition) is 1. The van der Waals surface area contributed by atoms with Crippen LogP contribution in [0.2, 0.25) is 0 Å². The molecule has 0 aliphatic carbocycles. The van der Waals surface area contributed by atoms with Crippen molar-refractivity contribution in [3.63, 3.8) is 0 Å². The summed E-state index contributed by atoms with van der Waals surface area (Å²) < 4.78 is 30.6. The fourth-order valence-corrected chi connectivity index (χ4v) is 2.03. The molecule has 0 unspecified atom stereocenters. The second-order valence-corrected chi connectivity index (χ2v) is 5.02. The van der Waals surface area contributed by atoms with Gasteiger partial charge in [-0.2, -0.15) is 8.42 Å². The summed E-state index contributed by atoms with van der Waals surface area (Å²) in [7, 11) is -3.93. The molecule has 0 bridgehead atoms. The SMILES string of the molecule is C/C=C/[N+](/C=C/C)(/C=C/C)CCS(=O)(=O)O. The maximum atomic E-state index is 10.8. The lowest BCUT2D eigenvalue weighted by Crippen LogP contribution is -2.35. The second kappa shape index (κ2) is 6.62. The van der Waals surface area contributed by atoms with Crippen LogP contribution in [0, 0.1) is 0 Å². The maximum Gasteiger partial charge on any atom is 0.270 e. The molecule has 0 heterocycles. The minimum Gasteiger partial charge on any atom is -0.285 e. The van der Waals surface area contributed by atoms with Crippen LogP contribution in [0.1, 0.15) is 20.8 Å². The lowest BCUT2D eigenvalue weighted by Gasteiger charge is -2.25. The fourth-order valence-electron chi connectivity index (χ4n) is 1.48. The van der Waals surface area contributed by atoms with Gasteiger partial charge in [0.2, 0.25) is 0 Å². The Morgan fingerprint density at radius 1 is 1.00 bits per heavy atom. The molecule has 1 N–H and O–H groups in total. The Morgan fingerprint density at radius 3 is 1.62 bits per heavy atom. The zero-order valence-corrected chi connectivity index (χ0v) is 10.8. The van der Waals surface area contributed by atoms with Gasteiger partial charge >= 0.3 is 0 Å². The summed E-state index contributed by atoms with van der Waals surface area (Å²) in [4.78, 5) is 0. The predicted molar refractivity (Wildman–Crippen MR) is 66.0 cm³/mol. The minimum atomic E-state index is -3.93. The normalized spacial score (nSPS) is 14.5. The first kappa shape index (κ1) is 15.1. The molecule has 0 aromatic rings. The van der Waals surface area contributed by atoms with Gasteiger partial charge in [-0.05, 0) is 39.0 Å². The van der Waals surface area contributed by atoms with E-state index in [1.165, 1.54) is 0 Å². The van der Waals surface area contributed by atoms with Crippen LogP contribution in [-0.4, -0.2) is 29.8 Å². The summed E-state index contributed by atoms with van der Waals surface area (Å²) in [6.45, 7) is 5.88. The van der Waals surface area contributed by atoms with Gasteiger partial charge in [0, 0.05) is 0 Å². The number of hydrogen-bond acceptors (Lipinski definition) is 2. The van der Waals surface area contributed by atoms with E-state index in [1.807, 2.05) is 57.6 Å². The highest BCUT2D eigenvalue weighted by molar-refractivity contribution is 7.85. The summed E-state index contributed by atoms with van der Waals surface area (Å²) in [5.41, 5.74) is 0. The molecule has 0 atom stereocenters. The van der Waals surface area contributed by atoms with Crippen molar-refractivity contribution >= 4 is 10.1 Å². The predicted octanol–water partition coefficient (Wildman–Crippen LogP) is 2.29. The molecule has 0 aliphatic heterocycles. The van der Waals surface area contributed by atoms with Gasteiger partial charge in [-0.3, -0.25) is 4.55 Å². The van der Waals surface area contributed by atoms with Crippen LogP contribution in [0.25, 0.3) is 0 Å². The number of rotatable bonds is 6. The van der Waals surface area contributed by atoms with E-state index in [0.29, 0.717) is 0 Å². The molecule has 0 amide bonds. The third-order valence-corrected chi connectivity index (χ3v) is 2.71. The quantitative estimate of drug-likeness (QED) is 0.578. The zero-order chi connectivity index (χ0) is 12.7. The van der Waals surface area contributed by atoms with Gasteiger partial charge in [0.05, 0.1) is 0 Å². The number of quaternary nitrogens is 1. The van der Waals surface area contributed by atoms with Crippen LogP contribution in [0.15, 0.2) is 36.8 Å². The van der Waals surface area contributed by atoms with E-state index in [9.17, 15) is 8.42 Å². The molecule has 0 fully saturated rings. The first-order valence-electron chi connectivity index (χ1n) is 5.13. The molecular weight excluding hydrogens is 226 g/mol. The third kappa shape index (κ3) is 5.85. The smallest absolute Gasteiger partial charge is 0.270 e. The van der Waals surface area contributed by atoms with Crippen molar-refractivity contribution in [2.24, 2.45) is 0 Å². The molecule has 4 nitrogen and oxygen atoms in total. The number of nitrogens with zero attached hydrogens (tertiary/aromatic N) is 1. The van der Waals surface area contributed by atoms with Gasteiger partial charge < -0.3 is 0 Å². The summed E-state index contributed by atoms with van der Waals surface area (Å²) in [5, 5.41) is 0. The molecule has 0 rings (SSSR count). The van der Waals surface area contributed by atoms with Gasteiger partial charge in [-0.1, -0.05) is 0 Å². The average Bonchev–Trinajstić information content (AvgIpc) is 2.15. The molecule has 0 radical (unpaired) electrons. The van der Waals surface area contributed by atoms with Crippen molar-refractivity contribution in [1.29, 1.82) is 0 Å². The molecule has 0 aromatic heterocycles. The second-order valence-electron chi connectivity index (χ2n) is 3.45. The van der Waals surface area contributed by atoms with E-state index < -0.39 is 10.1 Å². The van der Waals surface area contributed by atoms with Gasteiger partial charge in [0.25, 0.3) is 10.1 Å². The highest BCUT2D eigenvalue weighted by Gasteiger charge is 2.21. The van der Waals surface area contributed by atoms with Gasteiger partial charge in [0.1, 0.15) is 30.9 Å². The average molecular weight is 246 g/mol. The van der Waals surface area contributed by atoms with E-state index in [1.54, 1.807) is 0 Å². The standard InChI is InChI=1S/C11H19NO3S/c1-4-7-12(8-5-2,9-6-3)10-11-16(13,14)15/h4-9H,10-11H2,1-3H3/p+1/b7-4+,8-5+,9-6+. The lowest BCUT2D eigenvalue weighted by molar-refractivity contribution is -0.770. The van der Waals surface area contributed by atoms with Crippen molar-refractivity contribution in [3.8, 4) is 0 Å². The molecule has 5 heteroatoms. The molecule has 0 aromatic carbocycles. The summed E-state index contributed by atoms with van der Waals surface area (Å²) in [5.74, 6) is -0.272. The van der Waals surface area contributed by atoms with Crippen molar-refractivity contribution in [1.82, 2.24) is 0 Å². The fraction of sp³-hybridized carbons (Fsp3) is 0.455. The van der Waals surface area contributed by atoms with E-state index in [2.05, 4.69) is 0 Å². The summed E-state index contributed by atoms with van der Waals surface area (Å²) >= 11 is 0. The van der Waals surface area contributed by atoms with Crippen molar-refractivity contribution < 1.29 is 17.5 Å². The number of allylic oxidation sites excluding steroid dienone is 3. The van der Waals surface area contributed by atoms with Crippen molar-refractivity contribution in [2.75, 3.05) is 12.3 Å². The van der Waals surface area contributed by atoms with E-state index >= 15 is 0 Å². The topological polar surface area (TPSA) is 54.4 Å². The molecule has 0 aliphatic rings. The maximum absolute atomic E-state index is 10.8. The molecular formula is C11H20NO3S+. The Labute approximate surface area is 97.9 Å². The first-order valence-corrected chi connectivity index (χ1v) is 6.74. The van der Waals surface area contributed by atoms with Gasteiger partial charge in [-0.25, -0.2) is 4.48 Å². The zero-order valence-electron chi connectivity index (χ0n) is 10.00. The monoisotopic (exact) mass is 246 g/mol. The molecule has 0 saturated carbocycles. The van der Waals surface area contributed by atoms with E-state index in [-0.39, 0.29) is 16.8 Å². The van der Waals surface area contributed by atoms with Crippen LogP contribution < -0.4 is 0 Å². The molecule has 92 valence electrons. The summed E-state index contributed by atoms with van der Waals surface area (Å²) in [6, 6.07) is 0. The van der Waals surface area contributed by atoms with E-state index in [4.69, 9.17) is 4.55 Å². The Bertz CT molecular complexity index is 349. The molecule has 0 spiro atoms. The van der Waals surface area contributed by atoms with Crippen molar-refractivity contribution in [3.05, 3.63) is 36.8 Å². The van der Waals surface area contributed by atoms with E-state index in [0.717, 1.165) is 0 Å². The first-order chi connectivity index (χ1) is 7.39.